The Hall–Kier alpha value is -3.17. The van der Waals surface area contributed by atoms with Crippen LogP contribution in [0.2, 0.25) is 0 Å². The lowest BCUT2D eigenvalue weighted by Gasteiger charge is -2.11. The molecule has 0 aliphatic rings. The van der Waals surface area contributed by atoms with Crippen molar-refractivity contribution in [1.29, 1.82) is 0 Å². The molecular formula is C22H19FN4O2S2. The van der Waals surface area contributed by atoms with Gasteiger partial charge in [0.25, 0.3) is 0 Å². The number of halogens is 1. The van der Waals surface area contributed by atoms with Gasteiger partial charge in [0.15, 0.2) is 5.16 Å². The molecule has 6 nitrogen and oxygen atoms in total. The number of hydrogen-bond acceptors (Lipinski definition) is 6. The van der Waals surface area contributed by atoms with Gasteiger partial charge in [-0.1, -0.05) is 30.0 Å². The van der Waals surface area contributed by atoms with E-state index >= 15 is 0 Å². The number of amides is 1. The van der Waals surface area contributed by atoms with Crippen LogP contribution in [0.3, 0.4) is 0 Å². The number of aromatic nitrogens is 3. The Morgan fingerprint density at radius 3 is 2.65 bits per heavy atom. The Morgan fingerprint density at radius 1 is 1.13 bits per heavy atom. The van der Waals surface area contributed by atoms with E-state index in [2.05, 4.69) is 15.5 Å². The first kappa shape index (κ1) is 21.1. The van der Waals surface area contributed by atoms with Gasteiger partial charge in [0.05, 0.1) is 18.6 Å². The summed E-state index contributed by atoms with van der Waals surface area (Å²) in [7, 11) is 1.62. The van der Waals surface area contributed by atoms with Crippen LogP contribution in [0.15, 0.2) is 71.2 Å². The summed E-state index contributed by atoms with van der Waals surface area (Å²) in [5, 5.41) is 13.9. The number of rotatable bonds is 8. The van der Waals surface area contributed by atoms with E-state index in [9.17, 15) is 9.18 Å². The molecule has 31 heavy (non-hydrogen) atoms. The molecule has 9 heteroatoms. The Morgan fingerprint density at radius 2 is 1.94 bits per heavy atom. The van der Waals surface area contributed by atoms with Crippen LogP contribution in [-0.4, -0.2) is 33.5 Å². The van der Waals surface area contributed by atoms with Gasteiger partial charge in [0.1, 0.15) is 17.4 Å². The third-order valence-electron chi connectivity index (χ3n) is 4.42. The van der Waals surface area contributed by atoms with Gasteiger partial charge in [-0.3, -0.25) is 9.36 Å². The molecular weight excluding hydrogens is 435 g/mol. The number of anilines is 1. The quantitative estimate of drug-likeness (QED) is 0.388. The number of thioether (sulfide) groups is 1. The summed E-state index contributed by atoms with van der Waals surface area (Å²) in [6.45, 7) is 0. The zero-order valence-electron chi connectivity index (χ0n) is 16.6. The highest BCUT2D eigenvalue weighted by atomic mass is 32.2. The van der Waals surface area contributed by atoms with Gasteiger partial charge in [-0.15, -0.1) is 21.5 Å². The summed E-state index contributed by atoms with van der Waals surface area (Å²) in [5.74, 6) is 0.793. The van der Waals surface area contributed by atoms with E-state index in [0.29, 0.717) is 11.6 Å². The average molecular weight is 455 g/mol. The lowest BCUT2D eigenvalue weighted by molar-refractivity contribution is -0.113. The maximum atomic E-state index is 13.8. The smallest absolute Gasteiger partial charge is 0.234 e. The number of ether oxygens (including phenoxy) is 1. The third kappa shape index (κ3) is 5.12. The second-order valence-corrected chi connectivity index (χ2v) is 8.48. The first-order chi connectivity index (χ1) is 15.1. The van der Waals surface area contributed by atoms with Crippen molar-refractivity contribution in [3.63, 3.8) is 0 Å². The normalized spacial score (nSPS) is 10.8. The Bertz CT molecular complexity index is 1160. The number of thiophene rings is 1. The van der Waals surface area contributed by atoms with Crippen molar-refractivity contribution in [2.45, 2.75) is 11.6 Å². The van der Waals surface area contributed by atoms with Crippen LogP contribution in [0.5, 0.6) is 5.75 Å². The number of benzene rings is 2. The molecule has 0 aliphatic carbocycles. The molecule has 4 aromatic rings. The standard InChI is InChI=1S/C22H19FN4O2S2/c1-29-16-10-8-15(9-11-16)27-20(13-17-5-4-12-30-17)25-26-22(27)31-14-21(28)24-19-7-3-2-6-18(19)23/h2-12H,13-14H2,1H3,(H,24,28). The van der Waals surface area contributed by atoms with Gasteiger partial charge >= 0.3 is 0 Å². The number of carbonyl (C=O) groups excluding carboxylic acids is 1. The fraction of sp³-hybridized carbons (Fsp3) is 0.136. The predicted octanol–water partition coefficient (Wildman–Crippen LogP) is 4.80. The summed E-state index contributed by atoms with van der Waals surface area (Å²) in [4.78, 5) is 13.5. The Labute approximate surface area is 187 Å². The molecule has 0 bridgehead atoms. The molecule has 2 aromatic heterocycles. The SMILES string of the molecule is COc1ccc(-n2c(Cc3cccs3)nnc2SCC(=O)Nc2ccccc2F)cc1. The van der Waals surface area contributed by atoms with Gasteiger partial charge in [0, 0.05) is 17.0 Å². The van der Waals surface area contributed by atoms with E-state index in [1.54, 1.807) is 30.6 Å². The number of para-hydroxylation sites is 1. The maximum absolute atomic E-state index is 13.8. The van der Waals surface area contributed by atoms with E-state index in [-0.39, 0.29) is 17.3 Å². The molecule has 0 unspecified atom stereocenters. The van der Waals surface area contributed by atoms with E-state index < -0.39 is 5.82 Å². The van der Waals surface area contributed by atoms with Crippen molar-refractivity contribution >= 4 is 34.7 Å². The molecule has 0 radical (unpaired) electrons. The number of methoxy groups -OCH3 is 1. The summed E-state index contributed by atoms with van der Waals surface area (Å²) in [6.07, 6.45) is 0.624. The second-order valence-electron chi connectivity index (χ2n) is 6.51. The largest absolute Gasteiger partial charge is 0.497 e. The van der Waals surface area contributed by atoms with E-state index in [1.807, 2.05) is 46.3 Å². The Kier molecular flexibility index (Phi) is 6.63. The van der Waals surface area contributed by atoms with Crippen molar-refractivity contribution in [3.05, 3.63) is 82.6 Å². The monoisotopic (exact) mass is 454 g/mol. The van der Waals surface area contributed by atoms with Gasteiger partial charge in [0.2, 0.25) is 5.91 Å². The van der Waals surface area contributed by atoms with Crippen LogP contribution < -0.4 is 10.1 Å². The number of nitrogens with one attached hydrogen (secondary N) is 1. The lowest BCUT2D eigenvalue weighted by Crippen LogP contribution is -2.15. The van der Waals surface area contributed by atoms with Gasteiger partial charge in [-0.25, -0.2) is 4.39 Å². The first-order valence-corrected chi connectivity index (χ1v) is 11.3. The van der Waals surface area contributed by atoms with Crippen LogP contribution in [0.1, 0.15) is 10.7 Å². The molecule has 2 heterocycles. The molecule has 0 aliphatic heterocycles. The summed E-state index contributed by atoms with van der Waals surface area (Å²) in [5.41, 5.74) is 1.03. The van der Waals surface area contributed by atoms with Crippen LogP contribution >= 0.6 is 23.1 Å². The molecule has 158 valence electrons. The summed E-state index contributed by atoms with van der Waals surface area (Å²) >= 11 is 2.90. The highest BCUT2D eigenvalue weighted by molar-refractivity contribution is 7.99. The van der Waals surface area contributed by atoms with Crippen LogP contribution in [0, 0.1) is 5.82 Å². The van der Waals surface area contributed by atoms with Crippen LogP contribution in [0.25, 0.3) is 5.69 Å². The zero-order chi connectivity index (χ0) is 21.6. The molecule has 1 N–H and O–H groups in total. The van der Waals surface area contributed by atoms with Gasteiger partial charge in [-0.05, 0) is 47.8 Å². The number of nitrogens with zero attached hydrogens (tertiary/aromatic N) is 3. The zero-order valence-corrected chi connectivity index (χ0v) is 18.3. The van der Waals surface area contributed by atoms with Gasteiger partial charge in [-0.2, -0.15) is 0 Å². The highest BCUT2D eigenvalue weighted by Crippen LogP contribution is 2.26. The van der Waals surface area contributed by atoms with Gasteiger partial charge < -0.3 is 10.1 Å². The maximum Gasteiger partial charge on any atom is 0.234 e. The second kappa shape index (κ2) is 9.76. The minimum atomic E-state index is -0.472. The summed E-state index contributed by atoms with van der Waals surface area (Å²) < 4.78 is 21.0. The first-order valence-electron chi connectivity index (χ1n) is 9.42. The highest BCUT2D eigenvalue weighted by Gasteiger charge is 2.17. The Balaban J connectivity index is 1.55. The molecule has 0 spiro atoms. The number of hydrogen-bond donors (Lipinski definition) is 1. The van der Waals surface area contributed by atoms with Crippen LogP contribution in [0.4, 0.5) is 10.1 Å². The average Bonchev–Trinajstić information content (AvgIpc) is 3.44. The van der Waals surface area contributed by atoms with E-state index in [0.717, 1.165) is 22.1 Å². The topological polar surface area (TPSA) is 69.0 Å². The molecule has 0 atom stereocenters. The molecule has 0 saturated carbocycles. The molecule has 1 amide bonds. The third-order valence-corrected chi connectivity index (χ3v) is 6.23. The lowest BCUT2D eigenvalue weighted by atomic mass is 10.2. The minimum absolute atomic E-state index is 0.0711. The van der Waals surface area contributed by atoms with Crippen molar-refractivity contribution < 1.29 is 13.9 Å². The fourth-order valence-corrected chi connectivity index (χ4v) is 4.42. The van der Waals surface area contributed by atoms with Crippen molar-refractivity contribution in [2.24, 2.45) is 0 Å². The minimum Gasteiger partial charge on any atom is -0.497 e. The van der Waals surface area contributed by atoms with E-state index in [4.69, 9.17) is 4.74 Å². The van der Waals surface area contributed by atoms with Crippen molar-refractivity contribution in [1.82, 2.24) is 14.8 Å². The molecule has 2 aromatic carbocycles. The van der Waals surface area contributed by atoms with Crippen molar-refractivity contribution in [3.8, 4) is 11.4 Å². The van der Waals surface area contributed by atoms with Crippen LogP contribution in [-0.2, 0) is 11.2 Å². The molecule has 0 saturated heterocycles. The van der Waals surface area contributed by atoms with E-state index in [1.165, 1.54) is 23.9 Å². The number of carbonyl (C=O) groups is 1. The summed E-state index contributed by atoms with van der Waals surface area (Å²) in [6, 6.07) is 17.7. The predicted molar refractivity (Wildman–Crippen MR) is 121 cm³/mol. The molecule has 4 rings (SSSR count). The van der Waals surface area contributed by atoms with Crippen molar-refractivity contribution in [2.75, 3.05) is 18.2 Å². The fourth-order valence-electron chi connectivity index (χ4n) is 2.95. The molecule has 0 fully saturated rings.